The van der Waals surface area contributed by atoms with Gasteiger partial charge in [0.05, 0.1) is 16.8 Å². The number of carbonyl (C=O) groups is 2. The first-order valence-electron chi connectivity index (χ1n) is 7.69. The van der Waals surface area contributed by atoms with E-state index < -0.39 is 11.8 Å². The number of hydrogen-bond acceptors (Lipinski definition) is 3. The highest BCUT2D eigenvalue weighted by molar-refractivity contribution is 6.36. The summed E-state index contributed by atoms with van der Waals surface area (Å²) in [6, 6.07) is 6.50. The summed E-state index contributed by atoms with van der Waals surface area (Å²) in [5.41, 5.74) is 0.349. The third kappa shape index (κ3) is 3.22. The number of nitriles is 1. The molecule has 4 nitrogen and oxygen atoms in total. The Morgan fingerprint density at radius 3 is 2.61 bits per heavy atom. The number of nitrogens with one attached hydrogen (secondary N) is 1. The zero-order valence-electron chi connectivity index (χ0n) is 12.4. The predicted octanol–water partition coefficient (Wildman–Crippen LogP) is 4.08. The highest BCUT2D eigenvalue weighted by atomic mass is 35.5. The lowest BCUT2D eigenvalue weighted by Crippen LogP contribution is -2.35. The maximum absolute atomic E-state index is 12.6. The van der Waals surface area contributed by atoms with Crippen molar-refractivity contribution in [2.24, 2.45) is 23.7 Å². The molecule has 120 valence electrons. The number of ketones is 1. The fraction of sp³-hybridized carbons (Fsp3) is 0.471. The Morgan fingerprint density at radius 2 is 2.04 bits per heavy atom. The van der Waals surface area contributed by atoms with Gasteiger partial charge in [-0.15, -0.1) is 0 Å². The van der Waals surface area contributed by atoms with Crippen LogP contribution in [0.5, 0.6) is 0 Å². The molecule has 0 aliphatic heterocycles. The van der Waals surface area contributed by atoms with Gasteiger partial charge in [0.25, 0.3) is 0 Å². The van der Waals surface area contributed by atoms with Gasteiger partial charge < -0.3 is 5.32 Å². The van der Waals surface area contributed by atoms with Crippen LogP contribution in [-0.4, -0.2) is 11.7 Å². The summed E-state index contributed by atoms with van der Waals surface area (Å²) in [6.07, 6.45) is 4.07. The monoisotopic (exact) mass is 350 g/mol. The van der Waals surface area contributed by atoms with E-state index >= 15 is 0 Å². The van der Waals surface area contributed by atoms with Gasteiger partial charge in [0.2, 0.25) is 5.91 Å². The molecular weight excluding hydrogens is 335 g/mol. The van der Waals surface area contributed by atoms with E-state index in [2.05, 4.69) is 5.32 Å². The molecule has 4 atom stereocenters. The van der Waals surface area contributed by atoms with Crippen molar-refractivity contribution in [1.82, 2.24) is 0 Å². The summed E-state index contributed by atoms with van der Waals surface area (Å²) in [4.78, 5) is 24.9. The van der Waals surface area contributed by atoms with Crippen LogP contribution in [0.25, 0.3) is 0 Å². The zero-order chi connectivity index (χ0) is 16.6. The Hall–Kier alpha value is -1.57. The largest absolute Gasteiger partial charge is 0.323 e. The van der Waals surface area contributed by atoms with Gasteiger partial charge >= 0.3 is 0 Å². The van der Waals surface area contributed by atoms with Gasteiger partial charge in [-0.05, 0) is 49.3 Å². The first kappa shape index (κ1) is 16.3. The van der Waals surface area contributed by atoms with Crippen molar-refractivity contribution in [2.45, 2.75) is 25.7 Å². The summed E-state index contributed by atoms with van der Waals surface area (Å²) >= 11 is 11.8. The molecule has 2 aliphatic carbocycles. The van der Waals surface area contributed by atoms with Gasteiger partial charge in [0.1, 0.15) is 0 Å². The van der Waals surface area contributed by atoms with E-state index in [0.717, 1.165) is 25.7 Å². The van der Waals surface area contributed by atoms with E-state index in [0.29, 0.717) is 22.5 Å². The standard InChI is InChI=1S/C17H16Cl2N2O2/c18-11-3-4-15(14(19)7-11)21-17(23)13(8-20)16(22)12-6-9-1-2-10(12)5-9/h3-4,7,9-10,12-13H,1-2,5-6H2,(H,21,23). The van der Waals surface area contributed by atoms with Crippen LogP contribution < -0.4 is 5.32 Å². The second kappa shape index (κ2) is 6.51. The number of benzene rings is 1. The van der Waals surface area contributed by atoms with Crippen LogP contribution in [0.4, 0.5) is 5.69 Å². The fourth-order valence-corrected chi connectivity index (χ4v) is 4.31. The van der Waals surface area contributed by atoms with Crippen LogP contribution in [0, 0.1) is 35.0 Å². The van der Waals surface area contributed by atoms with Crippen LogP contribution in [0.3, 0.4) is 0 Å². The molecule has 0 radical (unpaired) electrons. The number of rotatable bonds is 4. The predicted molar refractivity (Wildman–Crippen MR) is 88.1 cm³/mol. The SMILES string of the molecule is N#CC(C(=O)Nc1ccc(Cl)cc1Cl)C(=O)C1CC2CCC1C2. The Kier molecular flexibility index (Phi) is 4.61. The molecule has 1 aromatic carbocycles. The van der Waals surface area contributed by atoms with Crippen molar-refractivity contribution < 1.29 is 9.59 Å². The van der Waals surface area contributed by atoms with E-state index in [1.165, 1.54) is 6.07 Å². The summed E-state index contributed by atoms with van der Waals surface area (Å²) in [5, 5.41) is 12.6. The summed E-state index contributed by atoms with van der Waals surface area (Å²) in [7, 11) is 0. The number of hydrogen-bond donors (Lipinski definition) is 1. The van der Waals surface area contributed by atoms with Gasteiger partial charge in [0, 0.05) is 10.9 Å². The van der Waals surface area contributed by atoms with Gasteiger partial charge in [-0.3, -0.25) is 9.59 Å². The van der Waals surface area contributed by atoms with E-state index in [4.69, 9.17) is 23.2 Å². The van der Waals surface area contributed by atoms with E-state index in [-0.39, 0.29) is 16.7 Å². The fourth-order valence-electron chi connectivity index (χ4n) is 3.85. The van der Waals surface area contributed by atoms with Crippen LogP contribution in [0.1, 0.15) is 25.7 Å². The molecule has 23 heavy (non-hydrogen) atoms. The minimum Gasteiger partial charge on any atom is -0.323 e. The average molecular weight is 351 g/mol. The van der Waals surface area contributed by atoms with Crippen molar-refractivity contribution in [3.8, 4) is 6.07 Å². The molecule has 1 amide bonds. The molecule has 0 spiro atoms. The maximum Gasteiger partial charge on any atom is 0.249 e. The quantitative estimate of drug-likeness (QED) is 0.831. The lowest BCUT2D eigenvalue weighted by molar-refractivity contribution is -0.132. The molecule has 2 fully saturated rings. The summed E-state index contributed by atoms with van der Waals surface area (Å²) in [5.74, 6) is -1.37. The van der Waals surface area contributed by atoms with Gasteiger partial charge in [-0.25, -0.2) is 0 Å². The van der Waals surface area contributed by atoms with Crippen molar-refractivity contribution in [1.29, 1.82) is 5.26 Å². The van der Waals surface area contributed by atoms with E-state index in [9.17, 15) is 14.9 Å². The second-order valence-electron chi connectivity index (χ2n) is 6.36. The van der Waals surface area contributed by atoms with Crippen LogP contribution >= 0.6 is 23.2 Å². The van der Waals surface area contributed by atoms with E-state index in [1.807, 2.05) is 6.07 Å². The maximum atomic E-state index is 12.6. The smallest absolute Gasteiger partial charge is 0.249 e. The molecule has 4 unspecified atom stereocenters. The number of anilines is 1. The number of nitrogens with zero attached hydrogens (tertiary/aromatic N) is 1. The second-order valence-corrected chi connectivity index (χ2v) is 7.20. The van der Waals surface area contributed by atoms with Crippen molar-refractivity contribution in [3.05, 3.63) is 28.2 Å². The molecule has 0 saturated heterocycles. The molecular formula is C17H16Cl2N2O2. The van der Waals surface area contributed by atoms with Crippen LogP contribution in [0.2, 0.25) is 10.0 Å². The normalized spacial score (nSPS) is 26.6. The number of carbonyl (C=O) groups excluding carboxylic acids is 2. The Balaban J connectivity index is 1.71. The minimum atomic E-state index is -1.29. The highest BCUT2D eigenvalue weighted by Crippen LogP contribution is 2.49. The lowest BCUT2D eigenvalue weighted by atomic mass is 9.81. The topological polar surface area (TPSA) is 70.0 Å². The van der Waals surface area contributed by atoms with Crippen molar-refractivity contribution in [3.63, 3.8) is 0 Å². The number of amides is 1. The first-order chi connectivity index (χ1) is 11.0. The number of fused-ring (bicyclic) bond motifs is 2. The highest BCUT2D eigenvalue weighted by Gasteiger charge is 2.46. The van der Waals surface area contributed by atoms with Crippen LogP contribution in [0.15, 0.2) is 18.2 Å². The van der Waals surface area contributed by atoms with Crippen LogP contribution in [-0.2, 0) is 9.59 Å². The molecule has 1 aromatic rings. The van der Waals surface area contributed by atoms with Gasteiger partial charge in [0.15, 0.2) is 11.7 Å². The molecule has 3 rings (SSSR count). The molecule has 0 aromatic heterocycles. The van der Waals surface area contributed by atoms with Gasteiger partial charge in [-0.1, -0.05) is 29.6 Å². The third-order valence-corrected chi connectivity index (χ3v) is 5.52. The lowest BCUT2D eigenvalue weighted by Gasteiger charge is -2.22. The average Bonchev–Trinajstić information content (AvgIpc) is 3.13. The first-order valence-corrected chi connectivity index (χ1v) is 8.44. The molecule has 1 N–H and O–H groups in total. The van der Waals surface area contributed by atoms with Crippen molar-refractivity contribution >= 4 is 40.6 Å². The zero-order valence-corrected chi connectivity index (χ0v) is 13.9. The molecule has 6 heteroatoms. The van der Waals surface area contributed by atoms with Crippen molar-refractivity contribution in [2.75, 3.05) is 5.32 Å². The van der Waals surface area contributed by atoms with E-state index in [1.54, 1.807) is 12.1 Å². The Labute approximate surface area is 144 Å². The Bertz CT molecular complexity index is 698. The molecule has 2 saturated carbocycles. The third-order valence-electron chi connectivity index (χ3n) is 4.97. The Morgan fingerprint density at radius 1 is 1.26 bits per heavy atom. The number of halogens is 2. The molecule has 0 heterocycles. The molecule has 2 bridgehead atoms. The summed E-state index contributed by atoms with van der Waals surface area (Å²) in [6.45, 7) is 0. The number of Topliss-reactive ketones (excluding diaryl/α,β-unsaturated/α-hetero) is 1. The minimum absolute atomic E-state index is 0.148. The van der Waals surface area contributed by atoms with Gasteiger partial charge in [-0.2, -0.15) is 5.26 Å². The molecule has 2 aliphatic rings. The summed E-state index contributed by atoms with van der Waals surface area (Å²) < 4.78 is 0.